The number of hydrogen-bond acceptors (Lipinski definition) is 7. The van der Waals surface area contributed by atoms with E-state index in [-0.39, 0.29) is 12.5 Å². The first-order chi connectivity index (χ1) is 16.4. The SMILES string of the molecule is COc1cc2[nH]c(=O)n(CCN3CCN(c4ccccc4OC)CC3)c(=O)c2cc1NC(C)=O. The third-order valence-electron chi connectivity index (χ3n) is 6.05. The number of methoxy groups -OCH3 is 2. The van der Waals surface area contributed by atoms with E-state index in [1.54, 1.807) is 13.2 Å². The standard InChI is InChI=1S/C24H29N5O5/c1-16(30)25-19-14-17-18(15-22(19)34-3)26-24(32)29(23(17)31)13-10-27-8-11-28(12-9-27)20-6-4-5-7-21(20)33-2/h4-7,14-15H,8-13H2,1-3H3,(H,25,30)(H,26,32). The molecule has 2 N–H and O–H groups in total. The minimum absolute atomic E-state index is 0.264. The summed E-state index contributed by atoms with van der Waals surface area (Å²) in [5.41, 5.74) is 0.936. The Bertz CT molecular complexity index is 1310. The summed E-state index contributed by atoms with van der Waals surface area (Å²) < 4.78 is 12.0. The van der Waals surface area contributed by atoms with Crippen molar-refractivity contribution in [3.8, 4) is 11.5 Å². The highest BCUT2D eigenvalue weighted by Crippen LogP contribution is 2.29. The quantitative estimate of drug-likeness (QED) is 0.542. The van der Waals surface area contributed by atoms with Gasteiger partial charge in [-0.2, -0.15) is 0 Å². The second kappa shape index (κ2) is 10.0. The molecule has 1 aliphatic rings. The number of carbonyl (C=O) groups excluding carboxylic acids is 1. The monoisotopic (exact) mass is 467 g/mol. The molecule has 180 valence electrons. The average Bonchev–Trinajstić information content (AvgIpc) is 2.84. The van der Waals surface area contributed by atoms with Crippen LogP contribution in [0.4, 0.5) is 11.4 Å². The van der Waals surface area contributed by atoms with Crippen LogP contribution in [0.25, 0.3) is 10.9 Å². The first-order valence-corrected chi connectivity index (χ1v) is 11.1. The number of anilines is 2. The molecule has 1 aliphatic heterocycles. The molecule has 0 atom stereocenters. The Kier molecular flexibility index (Phi) is 6.87. The lowest BCUT2D eigenvalue weighted by molar-refractivity contribution is -0.114. The first kappa shape index (κ1) is 23.4. The van der Waals surface area contributed by atoms with Crippen molar-refractivity contribution in [3.63, 3.8) is 0 Å². The molecule has 1 amide bonds. The van der Waals surface area contributed by atoms with E-state index in [1.807, 2.05) is 24.3 Å². The van der Waals surface area contributed by atoms with Gasteiger partial charge in [0.1, 0.15) is 11.5 Å². The molecule has 1 aromatic heterocycles. The van der Waals surface area contributed by atoms with Gasteiger partial charge in [-0.3, -0.25) is 19.1 Å². The van der Waals surface area contributed by atoms with Gasteiger partial charge >= 0.3 is 5.69 Å². The smallest absolute Gasteiger partial charge is 0.328 e. The molecule has 2 heterocycles. The van der Waals surface area contributed by atoms with Gasteiger partial charge in [0.15, 0.2) is 0 Å². The van der Waals surface area contributed by atoms with Crippen LogP contribution in [0, 0.1) is 0 Å². The zero-order chi connectivity index (χ0) is 24.2. The van der Waals surface area contributed by atoms with Gasteiger partial charge in [0.05, 0.1) is 36.5 Å². The van der Waals surface area contributed by atoms with Gasteiger partial charge in [0, 0.05) is 52.3 Å². The van der Waals surface area contributed by atoms with E-state index in [1.165, 1.54) is 24.7 Å². The van der Waals surface area contributed by atoms with Gasteiger partial charge in [-0.25, -0.2) is 4.79 Å². The second-order valence-corrected chi connectivity index (χ2v) is 8.17. The maximum Gasteiger partial charge on any atom is 0.328 e. The van der Waals surface area contributed by atoms with Crippen molar-refractivity contribution in [1.82, 2.24) is 14.5 Å². The highest BCUT2D eigenvalue weighted by atomic mass is 16.5. The molecule has 1 fully saturated rings. The number of piperazine rings is 1. The van der Waals surface area contributed by atoms with Crippen molar-refractivity contribution in [3.05, 3.63) is 57.2 Å². The Balaban J connectivity index is 1.49. The van der Waals surface area contributed by atoms with Gasteiger partial charge in [0.2, 0.25) is 5.91 Å². The van der Waals surface area contributed by atoms with Crippen molar-refractivity contribution < 1.29 is 14.3 Å². The van der Waals surface area contributed by atoms with E-state index in [0.29, 0.717) is 28.9 Å². The Morgan fingerprint density at radius 2 is 1.71 bits per heavy atom. The van der Waals surface area contributed by atoms with Crippen LogP contribution >= 0.6 is 0 Å². The van der Waals surface area contributed by atoms with Crippen LogP contribution in [0.2, 0.25) is 0 Å². The van der Waals surface area contributed by atoms with Crippen LogP contribution in [0.15, 0.2) is 46.0 Å². The fourth-order valence-corrected chi connectivity index (χ4v) is 4.28. The lowest BCUT2D eigenvalue weighted by Crippen LogP contribution is -2.48. The van der Waals surface area contributed by atoms with Crippen LogP contribution in [-0.2, 0) is 11.3 Å². The van der Waals surface area contributed by atoms with E-state index in [2.05, 4.69) is 20.1 Å². The Morgan fingerprint density at radius 1 is 1.00 bits per heavy atom. The number of H-pyrrole nitrogens is 1. The largest absolute Gasteiger partial charge is 0.495 e. The lowest BCUT2D eigenvalue weighted by atomic mass is 10.2. The molecular weight excluding hydrogens is 438 g/mol. The topological polar surface area (TPSA) is 109 Å². The maximum absolute atomic E-state index is 13.1. The van der Waals surface area contributed by atoms with E-state index >= 15 is 0 Å². The summed E-state index contributed by atoms with van der Waals surface area (Å²) in [5.74, 6) is 0.929. The lowest BCUT2D eigenvalue weighted by Gasteiger charge is -2.36. The summed E-state index contributed by atoms with van der Waals surface area (Å²) in [4.78, 5) is 44.6. The van der Waals surface area contributed by atoms with Crippen molar-refractivity contribution in [2.24, 2.45) is 0 Å². The molecule has 0 spiro atoms. The van der Waals surface area contributed by atoms with Crippen LogP contribution in [0.5, 0.6) is 11.5 Å². The molecule has 3 aromatic rings. The molecule has 4 rings (SSSR count). The van der Waals surface area contributed by atoms with Gasteiger partial charge in [0.25, 0.3) is 5.56 Å². The minimum atomic E-state index is -0.473. The molecule has 2 aromatic carbocycles. The number of hydrogen-bond donors (Lipinski definition) is 2. The van der Waals surface area contributed by atoms with Crippen LogP contribution in [0.1, 0.15) is 6.92 Å². The number of nitrogens with zero attached hydrogens (tertiary/aromatic N) is 3. The number of aromatic nitrogens is 2. The number of ether oxygens (including phenoxy) is 2. The predicted octanol–water partition coefficient (Wildman–Crippen LogP) is 1.49. The molecule has 0 unspecified atom stereocenters. The van der Waals surface area contributed by atoms with Crippen molar-refractivity contribution in [1.29, 1.82) is 0 Å². The van der Waals surface area contributed by atoms with Crippen LogP contribution < -0.4 is 30.9 Å². The summed E-state index contributed by atoms with van der Waals surface area (Å²) in [6.07, 6.45) is 0. The van der Waals surface area contributed by atoms with Crippen LogP contribution in [-0.4, -0.2) is 67.3 Å². The molecule has 1 saturated heterocycles. The van der Waals surface area contributed by atoms with Gasteiger partial charge < -0.3 is 24.7 Å². The fourth-order valence-electron chi connectivity index (χ4n) is 4.28. The molecule has 0 radical (unpaired) electrons. The van der Waals surface area contributed by atoms with Crippen molar-refractivity contribution >= 4 is 28.2 Å². The number of carbonyl (C=O) groups is 1. The van der Waals surface area contributed by atoms with Crippen molar-refractivity contribution in [2.45, 2.75) is 13.5 Å². The molecular formula is C24H29N5O5. The predicted molar refractivity (Wildman–Crippen MR) is 131 cm³/mol. The summed E-state index contributed by atoms with van der Waals surface area (Å²) in [5, 5.41) is 2.97. The Morgan fingerprint density at radius 3 is 2.38 bits per heavy atom. The molecule has 10 heteroatoms. The van der Waals surface area contributed by atoms with E-state index < -0.39 is 11.2 Å². The van der Waals surface area contributed by atoms with Gasteiger partial charge in [-0.1, -0.05) is 12.1 Å². The summed E-state index contributed by atoms with van der Waals surface area (Å²) in [6.45, 7) is 5.47. The van der Waals surface area contributed by atoms with Crippen molar-refractivity contribution in [2.75, 3.05) is 57.2 Å². The van der Waals surface area contributed by atoms with Gasteiger partial charge in [-0.05, 0) is 18.2 Å². The molecule has 34 heavy (non-hydrogen) atoms. The normalized spacial score (nSPS) is 14.3. The first-order valence-electron chi connectivity index (χ1n) is 11.1. The molecule has 10 nitrogen and oxygen atoms in total. The summed E-state index contributed by atoms with van der Waals surface area (Å²) in [6, 6.07) is 11.0. The van der Waals surface area contributed by atoms with Crippen LogP contribution in [0.3, 0.4) is 0 Å². The minimum Gasteiger partial charge on any atom is -0.495 e. The number of rotatable bonds is 7. The Labute approximate surface area is 196 Å². The third kappa shape index (κ3) is 4.76. The number of amides is 1. The number of aromatic amines is 1. The summed E-state index contributed by atoms with van der Waals surface area (Å²) >= 11 is 0. The molecule has 0 aliphatic carbocycles. The van der Waals surface area contributed by atoms with E-state index in [9.17, 15) is 14.4 Å². The maximum atomic E-state index is 13.1. The number of benzene rings is 2. The van der Waals surface area contributed by atoms with Gasteiger partial charge in [-0.15, -0.1) is 0 Å². The average molecular weight is 468 g/mol. The number of fused-ring (bicyclic) bond motifs is 1. The second-order valence-electron chi connectivity index (χ2n) is 8.17. The van der Waals surface area contributed by atoms with E-state index in [4.69, 9.17) is 9.47 Å². The zero-order valence-corrected chi connectivity index (χ0v) is 19.6. The van der Waals surface area contributed by atoms with E-state index in [0.717, 1.165) is 37.6 Å². The zero-order valence-electron chi connectivity index (χ0n) is 19.6. The number of nitrogens with one attached hydrogen (secondary N) is 2. The molecule has 0 saturated carbocycles. The number of para-hydroxylation sites is 2. The highest BCUT2D eigenvalue weighted by molar-refractivity contribution is 5.94. The third-order valence-corrected chi connectivity index (χ3v) is 6.05. The summed E-state index contributed by atoms with van der Waals surface area (Å²) in [7, 11) is 3.13. The molecule has 0 bridgehead atoms. The highest BCUT2D eigenvalue weighted by Gasteiger charge is 2.20. The Hall–Kier alpha value is -3.79. The fraction of sp³-hybridized carbons (Fsp3) is 0.375.